The van der Waals surface area contributed by atoms with Gasteiger partial charge in [-0.1, -0.05) is 0 Å². The van der Waals surface area contributed by atoms with Crippen LogP contribution in [0.25, 0.3) is 0 Å². The number of rotatable bonds is 2. The molecular weight excluding hydrogens is 283 g/mol. The Kier molecular flexibility index (Phi) is 2.86. The van der Waals surface area contributed by atoms with Crippen molar-refractivity contribution < 1.29 is 18.7 Å². The normalized spacial score (nSPS) is 16.5. The van der Waals surface area contributed by atoms with Crippen molar-refractivity contribution in [1.82, 2.24) is 9.55 Å². The average molecular weight is 292 g/mol. The van der Waals surface area contributed by atoms with Crippen LogP contribution in [0.4, 0.5) is 4.39 Å². The second kappa shape index (κ2) is 4.58. The fraction of sp³-hybridized carbons (Fsp3) is 0.154. The quantitative estimate of drug-likeness (QED) is 0.809. The van der Waals surface area contributed by atoms with E-state index in [1.165, 1.54) is 19.2 Å². The van der Waals surface area contributed by atoms with E-state index in [9.17, 15) is 18.8 Å². The lowest BCUT2D eigenvalue weighted by atomic mass is 10.1. The zero-order valence-electron chi connectivity index (χ0n) is 10.8. The highest BCUT2D eigenvalue weighted by molar-refractivity contribution is 5.94. The molecule has 3 rings (SSSR count). The first-order chi connectivity index (χ1) is 10.0. The van der Waals surface area contributed by atoms with Gasteiger partial charge < -0.3 is 9.47 Å². The number of hydrogen-bond acceptors (Lipinski definition) is 5. The maximum absolute atomic E-state index is 13.4. The van der Waals surface area contributed by atoms with Gasteiger partial charge in [-0.2, -0.15) is 4.39 Å². The number of aromatic amines is 1. The van der Waals surface area contributed by atoms with E-state index in [0.29, 0.717) is 17.5 Å². The molecule has 21 heavy (non-hydrogen) atoms. The number of hydrogen-bond donors (Lipinski definition) is 1. The SMILES string of the molecule is COc1ccc2c(c1)C(n1cc(F)c(=O)[nH]c1=O)OC2=O. The lowest BCUT2D eigenvalue weighted by molar-refractivity contribution is 0.0306. The molecule has 1 unspecified atom stereocenters. The summed E-state index contributed by atoms with van der Waals surface area (Å²) in [5.41, 5.74) is -1.41. The van der Waals surface area contributed by atoms with Crippen LogP contribution in [0.3, 0.4) is 0 Å². The first-order valence-electron chi connectivity index (χ1n) is 5.91. The van der Waals surface area contributed by atoms with Crippen molar-refractivity contribution in [3.63, 3.8) is 0 Å². The molecule has 8 heteroatoms. The van der Waals surface area contributed by atoms with Crippen LogP contribution in [0, 0.1) is 5.82 Å². The van der Waals surface area contributed by atoms with Crippen LogP contribution in [0.1, 0.15) is 22.1 Å². The summed E-state index contributed by atoms with van der Waals surface area (Å²) in [6.45, 7) is 0. The van der Waals surface area contributed by atoms with Crippen LogP contribution < -0.4 is 16.0 Å². The number of aromatic nitrogens is 2. The number of ether oxygens (including phenoxy) is 2. The molecule has 108 valence electrons. The van der Waals surface area contributed by atoms with E-state index in [1.54, 1.807) is 6.07 Å². The third-order valence-corrected chi connectivity index (χ3v) is 3.14. The Morgan fingerprint density at radius 1 is 1.33 bits per heavy atom. The van der Waals surface area contributed by atoms with Gasteiger partial charge in [0.25, 0.3) is 5.56 Å². The molecule has 0 saturated heterocycles. The number of cyclic esters (lactones) is 1. The van der Waals surface area contributed by atoms with Gasteiger partial charge in [-0.25, -0.2) is 9.59 Å². The fourth-order valence-electron chi connectivity index (χ4n) is 2.13. The Labute approximate surface area is 116 Å². The number of nitrogens with one attached hydrogen (secondary N) is 1. The molecule has 0 amide bonds. The van der Waals surface area contributed by atoms with E-state index < -0.39 is 29.3 Å². The molecule has 2 heterocycles. The van der Waals surface area contributed by atoms with Crippen molar-refractivity contribution in [1.29, 1.82) is 0 Å². The third-order valence-electron chi connectivity index (χ3n) is 3.14. The number of fused-ring (bicyclic) bond motifs is 1. The van der Waals surface area contributed by atoms with Gasteiger partial charge in [0.2, 0.25) is 12.0 Å². The van der Waals surface area contributed by atoms with Gasteiger partial charge in [0.05, 0.1) is 18.9 Å². The number of halogens is 1. The standard InChI is InChI=1S/C13H9FN2O5/c1-20-6-2-3-7-8(4-6)11(21-12(7)18)16-5-9(14)10(17)15-13(16)19/h2-5,11H,1H3,(H,15,17,19). The minimum Gasteiger partial charge on any atom is -0.497 e. The molecule has 0 saturated carbocycles. The summed E-state index contributed by atoms with van der Waals surface area (Å²) in [7, 11) is 1.44. The van der Waals surface area contributed by atoms with Crippen LogP contribution in [0.5, 0.6) is 5.75 Å². The van der Waals surface area contributed by atoms with E-state index in [1.807, 2.05) is 4.98 Å². The topological polar surface area (TPSA) is 90.4 Å². The highest BCUT2D eigenvalue weighted by Gasteiger charge is 2.33. The van der Waals surface area contributed by atoms with Crippen molar-refractivity contribution in [2.45, 2.75) is 6.23 Å². The predicted molar refractivity (Wildman–Crippen MR) is 67.8 cm³/mol. The summed E-state index contributed by atoms with van der Waals surface area (Å²) in [4.78, 5) is 36.4. The van der Waals surface area contributed by atoms with Gasteiger partial charge in [-0.15, -0.1) is 0 Å². The second-order valence-corrected chi connectivity index (χ2v) is 4.35. The first kappa shape index (κ1) is 13.1. The summed E-state index contributed by atoms with van der Waals surface area (Å²) in [5, 5.41) is 0. The van der Waals surface area contributed by atoms with Crippen molar-refractivity contribution >= 4 is 5.97 Å². The lowest BCUT2D eigenvalue weighted by Crippen LogP contribution is -2.34. The molecule has 1 aromatic carbocycles. The smallest absolute Gasteiger partial charge is 0.340 e. The van der Waals surface area contributed by atoms with Crippen LogP contribution in [0.2, 0.25) is 0 Å². The molecule has 0 radical (unpaired) electrons. The molecule has 1 aromatic heterocycles. The van der Waals surface area contributed by atoms with Gasteiger partial charge in [0.1, 0.15) is 5.75 Å². The predicted octanol–water partition coefficient (Wildman–Crippen LogP) is 0.402. The number of esters is 1. The van der Waals surface area contributed by atoms with Crippen LogP contribution in [-0.4, -0.2) is 22.6 Å². The summed E-state index contributed by atoms with van der Waals surface area (Å²) in [5.74, 6) is -1.34. The van der Waals surface area contributed by atoms with Gasteiger partial charge in [-0.05, 0) is 18.2 Å². The molecule has 7 nitrogen and oxygen atoms in total. The van der Waals surface area contributed by atoms with Gasteiger partial charge in [-0.3, -0.25) is 14.3 Å². The summed E-state index contributed by atoms with van der Waals surface area (Å²) in [6, 6.07) is 4.57. The maximum atomic E-state index is 13.4. The summed E-state index contributed by atoms with van der Waals surface area (Å²) < 4.78 is 24.3. The lowest BCUT2D eigenvalue weighted by Gasteiger charge is -2.13. The van der Waals surface area contributed by atoms with E-state index in [-0.39, 0.29) is 5.56 Å². The fourth-order valence-corrected chi connectivity index (χ4v) is 2.13. The highest BCUT2D eigenvalue weighted by atomic mass is 19.1. The number of benzene rings is 1. The number of methoxy groups -OCH3 is 1. The zero-order chi connectivity index (χ0) is 15.1. The molecule has 1 atom stereocenters. The summed E-state index contributed by atoms with van der Waals surface area (Å²) in [6.07, 6.45) is -0.449. The van der Waals surface area contributed by atoms with Gasteiger partial charge in [0, 0.05) is 5.56 Å². The van der Waals surface area contributed by atoms with E-state index in [0.717, 1.165) is 4.57 Å². The van der Waals surface area contributed by atoms with Crippen molar-refractivity contribution in [3.05, 3.63) is 62.2 Å². The molecule has 0 spiro atoms. The second-order valence-electron chi connectivity index (χ2n) is 4.35. The highest BCUT2D eigenvalue weighted by Crippen LogP contribution is 2.33. The van der Waals surface area contributed by atoms with Crippen LogP contribution >= 0.6 is 0 Å². The average Bonchev–Trinajstić information content (AvgIpc) is 2.79. The number of H-pyrrole nitrogens is 1. The van der Waals surface area contributed by atoms with Crippen LogP contribution in [-0.2, 0) is 4.74 Å². The maximum Gasteiger partial charge on any atom is 0.340 e. The van der Waals surface area contributed by atoms with Crippen molar-refractivity contribution in [3.8, 4) is 5.75 Å². The van der Waals surface area contributed by atoms with Crippen LogP contribution in [0.15, 0.2) is 34.0 Å². The minimum atomic E-state index is -1.15. The Bertz CT molecular complexity index is 854. The minimum absolute atomic E-state index is 0.249. The third kappa shape index (κ3) is 2.00. The molecule has 1 aliphatic rings. The molecule has 0 aliphatic carbocycles. The zero-order valence-corrected chi connectivity index (χ0v) is 10.8. The van der Waals surface area contributed by atoms with E-state index in [4.69, 9.17) is 9.47 Å². The molecule has 2 aromatic rings. The molecule has 0 fully saturated rings. The van der Waals surface area contributed by atoms with E-state index in [2.05, 4.69) is 0 Å². The van der Waals surface area contributed by atoms with Crippen molar-refractivity contribution in [2.75, 3.05) is 7.11 Å². The Balaban J connectivity index is 2.19. The largest absolute Gasteiger partial charge is 0.497 e. The Hall–Kier alpha value is -2.90. The van der Waals surface area contributed by atoms with Gasteiger partial charge in [0.15, 0.2) is 0 Å². The molecular formula is C13H9FN2O5. The molecule has 1 N–H and O–H groups in total. The Morgan fingerprint density at radius 3 is 2.81 bits per heavy atom. The van der Waals surface area contributed by atoms with Gasteiger partial charge >= 0.3 is 11.7 Å². The number of carbonyl (C=O) groups is 1. The first-order valence-corrected chi connectivity index (χ1v) is 5.91. The molecule has 0 bridgehead atoms. The Morgan fingerprint density at radius 2 is 2.10 bits per heavy atom. The van der Waals surface area contributed by atoms with Crippen molar-refractivity contribution in [2.24, 2.45) is 0 Å². The number of nitrogens with zero attached hydrogens (tertiary/aromatic N) is 1. The van der Waals surface area contributed by atoms with E-state index >= 15 is 0 Å². The summed E-state index contributed by atoms with van der Waals surface area (Å²) >= 11 is 0. The molecule has 1 aliphatic heterocycles. The number of carbonyl (C=O) groups excluding carboxylic acids is 1. The monoisotopic (exact) mass is 292 g/mol.